The van der Waals surface area contributed by atoms with Crippen LogP contribution in [0.4, 0.5) is 15.8 Å². The van der Waals surface area contributed by atoms with E-state index in [1.165, 1.54) is 6.07 Å². The van der Waals surface area contributed by atoms with E-state index >= 15 is 0 Å². The summed E-state index contributed by atoms with van der Waals surface area (Å²) in [5.41, 5.74) is 11.3. The van der Waals surface area contributed by atoms with Gasteiger partial charge in [0.25, 0.3) is 5.91 Å². The second-order valence-electron chi connectivity index (χ2n) is 5.56. The smallest absolute Gasteiger partial charge is 0.250 e. The van der Waals surface area contributed by atoms with Gasteiger partial charge in [0.15, 0.2) is 0 Å². The van der Waals surface area contributed by atoms with Crippen molar-refractivity contribution in [3.8, 4) is 0 Å². The van der Waals surface area contributed by atoms with E-state index in [0.717, 1.165) is 25.7 Å². The Morgan fingerprint density at radius 2 is 2.14 bits per heavy atom. The van der Waals surface area contributed by atoms with Gasteiger partial charge in [-0.2, -0.15) is 0 Å². The molecular formula is C14H22FN5O. The summed E-state index contributed by atoms with van der Waals surface area (Å²) in [7, 11) is 4.11. The lowest BCUT2D eigenvalue weighted by atomic mass is 10.1. The lowest BCUT2D eigenvalue weighted by Crippen LogP contribution is -2.52. The van der Waals surface area contributed by atoms with Crippen LogP contribution in [0, 0.1) is 5.82 Å². The molecule has 2 rings (SSSR count). The first kappa shape index (κ1) is 15.5. The number of carbonyl (C=O) groups excluding carboxylic acids is 1. The number of halogens is 1. The molecule has 1 aliphatic heterocycles. The third-order valence-electron chi connectivity index (χ3n) is 3.91. The summed E-state index contributed by atoms with van der Waals surface area (Å²) < 4.78 is 13.9. The minimum atomic E-state index is -0.662. The summed E-state index contributed by atoms with van der Waals surface area (Å²) >= 11 is 0. The Hall–Kier alpha value is -1.86. The lowest BCUT2D eigenvalue weighted by molar-refractivity contribution is 0.100. The summed E-state index contributed by atoms with van der Waals surface area (Å²) in [6.45, 7) is 3.48. The molecule has 6 nitrogen and oxygen atoms in total. The number of anilines is 2. The molecule has 1 aromatic carbocycles. The van der Waals surface area contributed by atoms with Crippen molar-refractivity contribution in [3.05, 3.63) is 23.5 Å². The number of likely N-dealkylation sites (N-methyl/N-ethyl adjacent to an activating group) is 2. The molecule has 1 unspecified atom stereocenters. The van der Waals surface area contributed by atoms with E-state index in [-0.39, 0.29) is 23.0 Å². The molecule has 1 aliphatic rings. The second kappa shape index (κ2) is 6.28. The van der Waals surface area contributed by atoms with Crippen molar-refractivity contribution in [1.29, 1.82) is 0 Å². The molecule has 0 spiro atoms. The van der Waals surface area contributed by atoms with Crippen molar-refractivity contribution in [2.75, 3.05) is 51.3 Å². The average molecular weight is 295 g/mol. The third-order valence-corrected chi connectivity index (χ3v) is 3.91. The summed E-state index contributed by atoms with van der Waals surface area (Å²) in [4.78, 5) is 15.7. The van der Waals surface area contributed by atoms with E-state index in [2.05, 4.69) is 22.2 Å². The number of nitrogens with zero attached hydrogens (tertiary/aromatic N) is 2. The Kier molecular flexibility index (Phi) is 4.64. The zero-order chi connectivity index (χ0) is 15.6. The predicted octanol–water partition coefficient (Wildman–Crippen LogP) is 0.165. The molecule has 116 valence electrons. The van der Waals surface area contributed by atoms with Gasteiger partial charge in [-0.25, -0.2) is 4.39 Å². The van der Waals surface area contributed by atoms with E-state index in [0.29, 0.717) is 6.54 Å². The van der Waals surface area contributed by atoms with Crippen LogP contribution in [0.25, 0.3) is 0 Å². The highest BCUT2D eigenvalue weighted by molar-refractivity contribution is 5.99. The molecule has 0 bridgehead atoms. The number of piperazine rings is 1. The fraction of sp³-hybridized carbons (Fsp3) is 0.500. The minimum Gasteiger partial charge on any atom is -0.398 e. The summed E-state index contributed by atoms with van der Waals surface area (Å²) in [6, 6.07) is 2.77. The SMILES string of the molecule is CN1CCN(C)C(CNc2cc(C(N)=O)c(N)cc2F)C1. The largest absolute Gasteiger partial charge is 0.398 e. The van der Waals surface area contributed by atoms with Gasteiger partial charge in [-0.1, -0.05) is 0 Å². The highest BCUT2D eigenvalue weighted by atomic mass is 19.1. The number of carbonyl (C=O) groups is 1. The summed E-state index contributed by atoms with van der Waals surface area (Å²) in [5, 5.41) is 3.05. The van der Waals surface area contributed by atoms with E-state index in [9.17, 15) is 9.18 Å². The van der Waals surface area contributed by atoms with Crippen LogP contribution < -0.4 is 16.8 Å². The molecule has 0 radical (unpaired) electrons. The molecule has 0 aromatic heterocycles. The topological polar surface area (TPSA) is 87.6 Å². The van der Waals surface area contributed by atoms with Gasteiger partial charge in [0.2, 0.25) is 0 Å². The molecule has 1 atom stereocenters. The van der Waals surface area contributed by atoms with Crippen LogP contribution in [-0.4, -0.2) is 62.0 Å². The Morgan fingerprint density at radius 3 is 2.81 bits per heavy atom. The summed E-state index contributed by atoms with van der Waals surface area (Å²) in [6.07, 6.45) is 0. The van der Waals surface area contributed by atoms with Gasteiger partial charge < -0.3 is 21.7 Å². The van der Waals surface area contributed by atoms with Gasteiger partial charge in [-0.15, -0.1) is 0 Å². The molecule has 0 saturated carbocycles. The zero-order valence-electron chi connectivity index (χ0n) is 12.4. The van der Waals surface area contributed by atoms with Crippen molar-refractivity contribution >= 4 is 17.3 Å². The average Bonchev–Trinajstić information content (AvgIpc) is 2.41. The van der Waals surface area contributed by atoms with E-state index < -0.39 is 11.7 Å². The number of hydrogen-bond donors (Lipinski definition) is 3. The highest BCUT2D eigenvalue weighted by Crippen LogP contribution is 2.22. The van der Waals surface area contributed by atoms with Crippen molar-refractivity contribution in [2.24, 2.45) is 5.73 Å². The fourth-order valence-corrected chi connectivity index (χ4v) is 2.49. The van der Waals surface area contributed by atoms with Crippen molar-refractivity contribution in [3.63, 3.8) is 0 Å². The standard InChI is InChI=1S/C14H22FN5O/c1-19-3-4-20(2)9(8-19)7-18-13-5-10(14(17)21)12(16)6-11(13)15/h5-6,9,18H,3-4,7-8,16H2,1-2H3,(H2,17,21). The normalized spacial score (nSPS) is 20.4. The quantitative estimate of drug-likeness (QED) is 0.689. The van der Waals surface area contributed by atoms with Crippen molar-refractivity contribution in [1.82, 2.24) is 9.80 Å². The Morgan fingerprint density at radius 1 is 1.43 bits per heavy atom. The van der Waals surface area contributed by atoms with Gasteiger partial charge in [0.1, 0.15) is 5.82 Å². The fourth-order valence-electron chi connectivity index (χ4n) is 2.49. The molecule has 1 aromatic rings. The van der Waals surface area contributed by atoms with E-state index in [1.54, 1.807) is 0 Å². The van der Waals surface area contributed by atoms with Gasteiger partial charge in [0.05, 0.1) is 11.3 Å². The van der Waals surface area contributed by atoms with E-state index in [4.69, 9.17) is 11.5 Å². The number of nitrogens with two attached hydrogens (primary N) is 2. The molecule has 21 heavy (non-hydrogen) atoms. The molecule has 0 aliphatic carbocycles. The molecule has 1 saturated heterocycles. The first-order valence-corrected chi connectivity index (χ1v) is 6.90. The molecule has 1 heterocycles. The molecule has 1 fully saturated rings. The van der Waals surface area contributed by atoms with Gasteiger partial charge in [0, 0.05) is 37.9 Å². The Bertz CT molecular complexity index is 536. The Labute approximate surface area is 123 Å². The van der Waals surface area contributed by atoms with Crippen LogP contribution in [0.3, 0.4) is 0 Å². The second-order valence-corrected chi connectivity index (χ2v) is 5.56. The molecule has 7 heteroatoms. The lowest BCUT2D eigenvalue weighted by Gasteiger charge is -2.37. The number of primary amides is 1. The maximum atomic E-state index is 13.9. The molecule has 1 amide bonds. The molecule has 5 N–H and O–H groups in total. The van der Waals surface area contributed by atoms with Crippen LogP contribution in [0.1, 0.15) is 10.4 Å². The predicted molar refractivity (Wildman–Crippen MR) is 81.7 cm³/mol. The number of nitrogens with one attached hydrogen (secondary N) is 1. The number of amides is 1. The van der Waals surface area contributed by atoms with Crippen LogP contribution in [0.15, 0.2) is 12.1 Å². The number of benzene rings is 1. The van der Waals surface area contributed by atoms with Crippen LogP contribution in [0.2, 0.25) is 0 Å². The van der Waals surface area contributed by atoms with Gasteiger partial charge >= 0.3 is 0 Å². The maximum Gasteiger partial charge on any atom is 0.250 e. The van der Waals surface area contributed by atoms with Crippen LogP contribution in [-0.2, 0) is 0 Å². The van der Waals surface area contributed by atoms with Crippen molar-refractivity contribution < 1.29 is 9.18 Å². The van der Waals surface area contributed by atoms with Crippen LogP contribution in [0.5, 0.6) is 0 Å². The number of hydrogen-bond acceptors (Lipinski definition) is 5. The molecular weight excluding hydrogens is 273 g/mol. The minimum absolute atomic E-state index is 0.0556. The zero-order valence-corrected chi connectivity index (χ0v) is 12.4. The highest BCUT2D eigenvalue weighted by Gasteiger charge is 2.22. The first-order valence-electron chi connectivity index (χ1n) is 6.90. The third kappa shape index (κ3) is 3.62. The monoisotopic (exact) mass is 295 g/mol. The number of rotatable bonds is 4. The van der Waals surface area contributed by atoms with Gasteiger partial charge in [-0.3, -0.25) is 9.69 Å². The van der Waals surface area contributed by atoms with Gasteiger partial charge in [-0.05, 0) is 26.2 Å². The van der Waals surface area contributed by atoms with Crippen molar-refractivity contribution in [2.45, 2.75) is 6.04 Å². The van der Waals surface area contributed by atoms with Crippen LogP contribution >= 0.6 is 0 Å². The first-order chi connectivity index (χ1) is 9.88. The Balaban J connectivity index is 2.09. The van der Waals surface area contributed by atoms with E-state index in [1.807, 2.05) is 7.05 Å². The summed E-state index contributed by atoms with van der Waals surface area (Å²) in [5.74, 6) is -1.14. The maximum absolute atomic E-state index is 13.9. The number of nitrogen functional groups attached to an aromatic ring is 1.